The number of ether oxygens (including phenoxy) is 1. The molecule has 0 radical (unpaired) electrons. The Morgan fingerprint density at radius 1 is 1.18 bits per heavy atom. The maximum Gasteiger partial charge on any atom is 0.296 e. The van der Waals surface area contributed by atoms with Crippen LogP contribution in [0, 0.1) is 6.92 Å². The Hall–Kier alpha value is -3.98. The van der Waals surface area contributed by atoms with Gasteiger partial charge in [0, 0.05) is 5.39 Å². The zero-order valence-corrected chi connectivity index (χ0v) is 18.6. The van der Waals surface area contributed by atoms with Crippen molar-refractivity contribution in [3.8, 4) is 5.75 Å². The smallest absolute Gasteiger partial charge is 0.296 e. The Kier molecular flexibility index (Phi) is 5.18. The monoisotopic (exact) mass is 461 g/mol. The summed E-state index contributed by atoms with van der Waals surface area (Å²) in [5.74, 6) is -1.23. The number of aliphatic hydroxyl groups excluding tert-OH is 1. The fourth-order valence-corrected chi connectivity index (χ4v) is 4.59. The molecule has 0 bridgehead atoms. The van der Waals surface area contributed by atoms with E-state index in [2.05, 4.69) is 10.2 Å². The summed E-state index contributed by atoms with van der Waals surface area (Å²) in [5.41, 5.74) is 1.08. The van der Waals surface area contributed by atoms with Gasteiger partial charge in [-0.1, -0.05) is 41.7 Å². The predicted octanol–water partition coefficient (Wildman–Crippen LogP) is 4.77. The van der Waals surface area contributed by atoms with Gasteiger partial charge in [0.05, 0.1) is 18.2 Å². The molecular formula is C24H19N3O5S. The lowest BCUT2D eigenvalue weighted by Crippen LogP contribution is -2.31. The maximum atomic E-state index is 13.6. The van der Waals surface area contributed by atoms with Crippen LogP contribution in [0.5, 0.6) is 5.75 Å². The lowest BCUT2D eigenvalue weighted by molar-refractivity contribution is -0.117. The molecule has 0 saturated carbocycles. The molecule has 5 rings (SSSR count). The molecule has 9 heteroatoms. The number of aryl methyl sites for hydroxylation is 1. The molecule has 33 heavy (non-hydrogen) atoms. The quantitative estimate of drug-likeness (QED) is 0.412. The van der Waals surface area contributed by atoms with Gasteiger partial charge in [0.15, 0.2) is 11.5 Å². The van der Waals surface area contributed by atoms with Gasteiger partial charge in [-0.15, -0.1) is 10.2 Å². The summed E-state index contributed by atoms with van der Waals surface area (Å²) in [4.78, 5) is 28.0. The number of amides is 1. The van der Waals surface area contributed by atoms with E-state index in [1.165, 1.54) is 16.2 Å². The van der Waals surface area contributed by atoms with E-state index in [0.29, 0.717) is 28.5 Å². The van der Waals surface area contributed by atoms with Gasteiger partial charge in [0.2, 0.25) is 10.9 Å². The lowest BCUT2D eigenvalue weighted by Gasteiger charge is -2.24. The van der Waals surface area contributed by atoms with Crippen molar-refractivity contribution in [1.82, 2.24) is 10.2 Å². The van der Waals surface area contributed by atoms with Gasteiger partial charge in [0.1, 0.15) is 16.3 Å². The number of carbonyl (C=O) groups excluding carboxylic acids is 2. The molecule has 1 amide bonds. The van der Waals surface area contributed by atoms with Crippen molar-refractivity contribution in [2.45, 2.75) is 19.9 Å². The van der Waals surface area contributed by atoms with Crippen molar-refractivity contribution >= 4 is 39.1 Å². The van der Waals surface area contributed by atoms with Crippen molar-refractivity contribution in [3.05, 3.63) is 82.3 Å². The summed E-state index contributed by atoms with van der Waals surface area (Å²) in [7, 11) is 0. The minimum Gasteiger partial charge on any atom is -0.503 e. The van der Waals surface area contributed by atoms with Crippen molar-refractivity contribution in [2.24, 2.45) is 0 Å². The molecule has 2 aromatic carbocycles. The number of aromatic nitrogens is 2. The van der Waals surface area contributed by atoms with Crippen molar-refractivity contribution in [1.29, 1.82) is 0 Å². The second kappa shape index (κ2) is 8.18. The minimum atomic E-state index is -0.902. The maximum absolute atomic E-state index is 13.6. The highest BCUT2D eigenvalue weighted by atomic mass is 32.1. The molecule has 0 fully saturated rings. The number of anilines is 1. The van der Waals surface area contributed by atoms with Crippen LogP contribution in [0.15, 0.2) is 70.3 Å². The van der Waals surface area contributed by atoms with Crippen LogP contribution >= 0.6 is 11.3 Å². The third-order valence-corrected chi connectivity index (χ3v) is 6.17. The molecular weight excluding hydrogens is 442 g/mol. The number of para-hydroxylation sites is 1. The van der Waals surface area contributed by atoms with Crippen molar-refractivity contribution < 1.29 is 23.8 Å². The number of Topliss-reactive ketones (excluding diaryl/α,β-unsaturated/α-hetero) is 1. The largest absolute Gasteiger partial charge is 0.503 e. The fraction of sp³-hybridized carbons (Fsp3) is 0.167. The van der Waals surface area contributed by atoms with Gasteiger partial charge in [-0.2, -0.15) is 0 Å². The molecule has 0 saturated heterocycles. The van der Waals surface area contributed by atoms with Crippen LogP contribution in [-0.2, 0) is 4.79 Å². The highest BCUT2D eigenvalue weighted by molar-refractivity contribution is 7.15. The zero-order chi connectivity index (χ0) is 23.1. The van der Waals surface area contributed by atoms with E-state index in [1.807, 2.05) is 19.1 Å². The predicted molar refractivity (Wildman–Crippen MR) is 123 cm³/mol. The summed E-state index contributed by atoms with van der Waals surface area (Å²) in [5, 5.41) is 20.6. The van der Waals surface area contributed by atoms with Gasteiger partial charge >= 0.3 is 0 Å². The van der Waals surface area contributed by atoms with Gasteiger partial charge in [-0.25, -0.2) is 0 Å². The van der Waals surface area contributed by atoms with E-state index < -0.39 is 23.5 Å². The van der Waals surface area contributed by atoms with Crippen molar-refractivity contribution in [3.63, 3.8) is 0 Å². The second-order valence-electron chi connectivity index (χ2n) is 7.42. The Labute approximate surface area is 192 Å². The Balaban J connectivity index is 1.63. The SMILES string of the molecule is CCOc1ccc([C@H]2C(C(=O)c3cc4ccccc4o3)=C(O)C(=O)N2c2nnc(C)s2)cc1. The summed E-state index contributed by atoms with van der Waals surface area (Å²) >= 11 is 1.20. The molecule has 3 heterocycles. The van der Waals surface area contributed by atoms with E-state index in [0.717, 1.165) is 5.39 Å². The third-order valence-electron chi connectivity index (χ3n) is 5.33. The number of benzene rings is 2. The number of carbonyl (C=O) groups is 2. The molecule has 2 aromatic heterocycles. The fourth-order valence-electron chi connectivity index (χ4n) is 3.87. The number of hydrogen-bond donors (Lipinski definition) is 1. The van der Waals surface area contributed by atoms with Gasteiger partial charge in [0.25, 0.3) is 5.91 Å². The van der Waals surface area contributed by atoms with E-state index in [9.17, 15) is 14.7 Å². The van der Waals surface area contributed by atoms with E-state index in [-0.39, 0.29) is 16.5 Å². The van der Waals surface area contributed by atoms with Crippen LogP contribution in [-0.4, -0.2) is 33.6 Å². The molecule has 1 atom stereocenters. The Morgan fingerprint density at radius 3 is 2.61 bits per heavy atom. The number of nitrogens with zero attached hydrogens (tertiary/aromatic N) is 3. The number of fused-ring (bicyclic) bond motifs is 1. The normalized spacial score (nSPS) is 16.1. The van der Waals surface area contributed by atoms with Crippen molar-refractivity contribution in [2.75, 3.05) is 11.5 Å². The number of hydrogen-bond acceptors (Lipinski definition) is 8. The number of ketones is 1. The average molecular weight is 461 g/mol. The number of rotatable bonds is 6. The molecule has 1 aliphatic heterocycles. The Bertz CT molecular complexity index is 1370. The first-order valence-corrected chi connectivity index (χ1v) is 11.1. The second-order valence-corrected chi connectivity index (χ2v) is 8.58. The van der Waals surface area contributed by atoms with Crippen LogP contribution < -0.4 is 9.64 Å². The zero-order valence-electron chi connectivity index (χ0n) is 17.8. The third kappa shape index (κ3) is 3.56. The number of furan rings is 1. The molecule has 1 N–H and O–H groups in total. The lowest BCUT2D eigenvalue weighted by atomic mass is 9.95. The van der Waals surface area contributed by atoms with Crippen LogP contribution in [0.1, 0.15) is 34.1 Å². The van der Waals surface area contributed by atoms with Gasteiger partial charge in [-0.3, -0.25) is 14.5 Å². The summed E-state index contributed by atoms with van der Waals surface area (Å²) in [6, 6.07) is 14.9. The van der Waals surface area contributed by atoms with Gasteiger partial charge in [-0.05, 0) is 43.7 Å². The van der Waals surface area contributed by atoms with E-state index in [4.69, 9.17) is 9.15 Å². The number of aliphatic hydroxyl groups is 1. The highest BCUT2D eigenvalue weighted by Crippen LogP contribution is 2.43. The molecule has 0 aliphatic carbocycles. The topological polar surface area (TPSA) is 106 Å². The first-order chi connectivity index (χ1) is 16.0. The summed E-state index contributed by atoms with van der Waals surface area (Å²) in [6.07, 6.45) is 0. The Morgan fingerprint density at radius 2 is 1.94 bits per heavy atom. The summed E-state index contributed by atoms with van der Waals surface area (Å²) in [6.45, 7) is 4.16. The first kappa shape index (κ1) is 20.9. The van der Waals surface area contributed by atoms with Gasteiger partial charge < -0.3 is 14.3 Å². The van der Waals surface area contributed by atoms with Crippen LogP contribution in [0.4, 0.5) is 5.13 Å². The van der Waals surface area contributed by atoms with Crippen LogP contribution in [0.2, 0.25) is 0 Å². The average Bonchev–Trinajstić information content (AvgIpc) is 3.51. The highest BCUT2D eigenvalue weighted by Gasteiger charge is 2.46. The molecule has 0 unspecified atom stereocenters. The van der Waals surface area contributed by atoms with Crippen LogP contribution in [0.25, 0.3) is 11.0 Å². The molecule has 8 nitrogen and oxygen atoms in total. The van der Waals surface area contributed by atoms with E-state index in [1.54, 1.807) is 49.4 Å². The first-order valence-electron chi connectivity index (χ1n) is 10.3. The minimum absolute atomic E-state index is 0.0387. The standard InChI is InChI=1S/C24H19N3O5S/c1-3-31-16-10-8-14(9-11-16)20-19(21(28)18-12-15-6-4-5-7-17(15)32-18)22(29)23(30)27(20)24-26-25-13(2)33-24/h4-12,20,29H,3H2,1-2H3/t20-/m0/s1. The van der Waals surface area contributed by atoms with E-state index >= 15 is 0 Å². The molecule has 4 aromatic rings. The molecule has 1 aliphatic rings. The van der Waals surface area contributed by atoms with Crippen LogP contribution in [0.3, 0.4) is 0 Å². The summed E-state index contributed by atoms with van der Waals surface area (Å²) < 4.78 is 11.2. The molecule has 0 spiro atoms. The molecule has 166 valence electrons.